The number of hydrogen-bond donors (Lipinski definition) is 1. The Morgan fingerprint density at radius 1 is 1.00 bits per heavy atom. The minimum absolute atomic E-state index is 0.00559. The Hall–Kier alpha value is -4.27. The van der Waals surface area contributed by atoms with Crippen LogP contribution in [0.4, 0.5) is 5.69 Å². The number of carbonyl (C=O) groups is 1. The van der Waals surface area contributed by atoms with Crippen molar-refractivity contribution in [2.75, 3.05) is 45.7 Å². The zero-order valence-corrected chi connectivity index (χ0v) is 24.2. The summed E-state index contributed by atoms with van der Waals surface area (Å²) in [7, 11) is 3.33. The van der Waals surface area contributed by atoms with Crippen LogP contribution in [0.3, 0.4) is 0 Å². The first-order valence-corrected chi connectivity index (χ1v) is 14.5. The Morgan fingerprint density at radius 3 is 2.64 bits per heavy atom. The number of carbonyl (C=O) groups excluding carboxylic acids is 1. The molecule has 3 aromatic carbocycles. The molecule has 3 aromatic rings. The van der Waals surface area contributed by atoms with Crippen molar-refractivity contribution in [3.05, 3.63) is 111 Å². The second-order valence-electron chi connectivity index (χ2n) is 10.8. The van der Waals surface area contributed by atoms with Crippen molar-refractivity contribution in [1.82, 2.24) is 9.80 Å². The number of hydrogen-bond acceptors (Lipinski definition) is 8. The lowest BCUT2D eigenvalue weighted by molar-refractivity contribution is 0.0609. The van der Waals surface area contributed by atoms with Gasteiger partial charge in [-0.2, -0.15) is 0 Å². The molecule has 0 radical (unpaired) electrons. The number of oxime groups is 1. The van der Waals surface area contributed by atoms with E-state index in [9.17, 15) is 4.79 Å². The van der Waals surface area contributed by atoms with Gasteiger partial charge in [-0.3, -0.25) is 9.69 Å². The molecule has 0 amide bonds. The second-order valence-corrected chi connectivity index (χ2v) is 11.3. The minimum atomic E-state index is -0.341. The fourth-order valence-electron chi connectivity index (χ4n) is 6.39. The maximum Gasteiger partial charge on any atom is 0.192 e. The van der Waals surface area contributed by atoms with E-state index in [1.807, 2.05) is 66.7 Å². The molecule has 214 valence electrons. The lowest BCUT2D eigenvalue weighted by atomic mass is 9.71. The Labute approximate surface area is 249 Å². The maximum atomic E-state index is 14.0. The van der Waals surface area contributed by atoms with Gasteiger partial charge in [0.1, 0.15) is 17.2 Å². The van der Waals surface area contributed by atoms with E-state index in [1.165, 1.54) is 0 Å². The molecule has 0 spiro atoms. The van der Waals surface area contributed by atoms with Crippen molar-refractivity contribution in [1.29, 1.82) is 0 Å². The average molecular weight is 583 g/mol. The van der Waals surface area contributed by atoms with Crippen LogP contribution in [-0.2, 0) is 11.4 Å². The van der Waals surface area contributed by atoms with Crippen molar-refractivity contribution in [3.8, 4) is 11.5 Å². The number of rotatable bonds is 7. The Bertz CT molecular complexity index is 1660. The summed E-state index contributed by atoms with van der Waals surface area (Å²) in [6, 6.07) is 21.2. The van der Waals surface area contributed by atoms with Gasteiger partial charge in [-0.1, -0.05) is 47.1 Å². The predicted octanol–water partition coefficient (Wildman–Crippen LogP) is 5.68. The van der Waals surface area contributed by atoms with Gasteiger partial charge in [0.2, 0.25) is 0 Å². The third kappa shape index (κ3) is 4.61. The topological polar surface area (TPSA) is 75.6 Å². The fraction of sp³-hybridized carbons (Fsp3) is 0.273. The van der Waals surface area contributed by atoms with Gasteiger partial charge in [0.25, 0.3) is 0 Å². The summed E-state index contributed by atoms with van der Waals surface area (Å²) in [4.78, 5) is 24.8. The number of fused-ring (bicyclic) bond motifs is 2. The molecule has 1 saturated heterocycles. The molecule has 7 rings (SSSR count). The van der Waals surface area contributed by atoms with Gasteiger partial charge in [0.15, 0.2) is 11.9 Å². The lowest BCUT2D eigenvalue weighted by Gasteiger charge is -2.40. The van der Waals surface area contributed by atoms with E-state index in [0.717, 1.165) is 78.1 Å². The summed E-state index contributed by atoms with van der Waals surface area (Å²) in [5, 5.41) is 8.85. The number of anilines is 1. The lowest BCUT2D eigenvalue weighted by Crippen LogP contribution is -2.48. The van der Waals surface area contributed by atoms with E-state index in [-0.39, 0.29) is 17.8 Å². The van der Waals surface area contributed by atoms with E-state index in [1.54, 1.807) is 14.2 Å². The summed E-state index contributed by atoms with van der Waals surface area (Å²) >= 11 is 6.28. The first-order chi connectivity index (χ1) is 20.5. The molecule has 2 atom stereocenters. The van der Waals surface area contributed by atoms with Crippen LogP contribution in [0, 0.1) is 5.92 Å². The van der Waals surface area contributed by atoms with E-state index in [2.05, 4.69) is 26.3 Å². The average Bonchev–Trinajstić information content (AvgIpc) is 3.46. The highest BCUT2D eigenvalue weighted by molar-refractivity contribution is 6.30. The summed E-state index contributed by atoms with van der Waals surface area (Å²) in [5.41, 5.74) is 6.73. The third-order valence-electron chi connectivity index (χ3n) is 8.46. The SMILES string of the molecule is COc1cccc(NC2=C3C(=O)c4ccccc4C4ON=C(C(N5CCN(Cc6cc(Cl)ccc6OC)CC5)=C2)C34)c1. The highest BCUT2D eigenvalue weighted by Crippen LogP contribution is 2.49. The van der Waals surface area contributed by atoms with Gasteiger partial charge in [0, 0.05) is 77.5 Å². The van der Waals surface area contributed by atoms with E-state index in [4.69, 9.17) is 25.9 Å². The molecule has 0 saturated carbocycles. The van der Waals surface area contributed by atoms with Crippen LogP contribution < -0.4 is 14.8 Å². The van der Waals surface area contributed by atoms with Crippen molar-refractivity contribution < 1.29 is 19.1 Å². The van der Waals surface area contributed by atoms with Gasteiger partial charge in [-0.05, 0) is 36.4 Å². The Kier molecular flexibility index (Phi) is 6.88. The minimum Gasteiger partial charge on any atom is -0.497 e. The first-order valence-electron chi connectivity index (χ1n) is 14.1. The molecule has 4 aliphatic rings. The molecular weight excluding hydrogens is 552 g/mol. The smallest absolute Gasteiger partial charge is 0.192 e. The number of nitrogens with one attached hydrogen (secondary N) is 1. The molecule has 2 heterocycles. The summed E-state index contributed by atoms with van der Waals surface area (Å²) in [6.45, 7) is 4.07. The number of benzene rings is 3. The molecular formula is C33H31ClN4O4. The molecule has 1 N–H and O–H groups in total. The number of allylic oxidation sites excluding steroid dienone is 2. The van der Waals surface area contributed by atoms with Crippen molar-refractivity contribution in [2.45, 2.75) is 12.6 Å². The molecule has 42 heavy (non-hydrogen) atoms. The van der Waals surface area contributed by atoms with Gasteiger partial charge >= 0.3 is 0 Å². The van der Waals surface area contributed by atoms with Crippen LogP contribution in [0.15, 0.2) is 94.9 Å². The number of methoxy groups -OCH3 is 2. The fourth-order valence-corrected chi connectivity index (χ4v) is 6.59. The number of Topliss-reactive ketones (excluding diaryl/α,β-unsaturated/α-hetero) is 1. The number of halogens is 1. The van der Waals surface area contributed by atoms with Gasteiger partial charge in [-0.15, -0.1) is 0 Å². The van der Waals surface area contributed by atoms with Crippen LogP contribution in [-0.4, -0.2) is 61.7 Å². The predicted molar refractivity (Wildman–Crippen MR) is 162 cm³/mol. The normalized spacial score (nSPS) is 21.2. The second kappa shape index (κ2) is 10.9. The monoisotopic (exact) mass is 582 g/mol. The highest BCUT2D eigenvalue weighted by Gasteiger charge is 2.50. The van der Waals surface area contributed by atoms with E-state index < -0.39 is 0 Å². The van der Waals surface area contributed by atoms with Crippen LogP contribution >= 0.6 is 11.6 Å². The van der Waals surface area contributed by atoms with Crippen LogP contribution in [0.25, 0.3) is 0 Å². The van der Waals surface area contributed by atoms with E-state index in [0.29, 0.717) is 16.2 Å². The molecule has 2 aliphatic carbocycles. The van der Waals surface area contributed by atoms with Crippen molar-refractivity contribution in [2.24, 2.45) is 11.1 Å². The molecule has 1 fully saturated rings. The highest BCUT2D eigenvalue weighted by atomic mass is 35.5. The van der Waals surface area contributed by atoms with E-state index >= 15 is 0 Å². The molecule has 0 aromatic heterocycles. The number of piperazine rings is 1. The molecule has 9 heteroatoms. The summed E-state index contributed by atoms with van der Waals surface area (Å²) in [5.74, 6) is 1.30. The maximum absolute atomic E-state index is 14.0. The third-order valence-corrected chi connectivity index (χ3v) is 8.70. The van der Waals surface area contributed by atoms with Gasteiger partial charge < -0.3 is 24.5 Å². The number of ketones is 1. The zero-order valence-electron chi connectivity index (χ0n) is 23.5. The molecule has 8 nitrogen and oxygen atoms in total. The standard InChI is InChI=1S/C33H31ClN4O4/c1-40-23-7-5-6-22(17-23)35-26-18-27(31-30-29(26)32(39)24-8-3-4-9-25(24)33(30)42-36-31)38-14-12-37(13-15-38)19-20-16-21(34)10-11-28(20)41-2/h3-11,16-18,30,33,35H,12-15,19H2,1-2H3. The first kappa shape index (κ1) is 26.6. The van der Waals surface area contributed by atoms with Crippen molar-refractivity contribution in [3.63, 3.8) is 0 Å². The molecule has 2 aliphatic heterocycles. The Balaban J connectivity index is 1.21. The summed E-state index contributed by atoms with van der Waals surface area (Å²) in [6.07, 6.45) is 1.73. The molecule has 0 bridgehead atoms. The van der Waals surface area contributed by atoms with Crippen LogP contribution in [0.2, 0.25) is 5.02 Å². The molecule has 2 unspecified atom stereocenters. The Morgan fingerprint density at radius 2 is 1.83 bits per heavy atom. The largest absolute Gasteiger partial charge is 0.497 e. The summed E-state index contributed by atoms with van der Waals surface area (Å²) < 4.78 is 11.0. The number of nitrogens with zero attached hydrogens (tertiary/aromatic N) is 3. The van der Waals surface area contributed by atoms with Crippen LogP contribution in [0.5, 0.6) is 11.5 Å². The van der Waals surface area contributed by atoms with Crippen LogP contribution in [0.1, 0.15) is 27.6 Å². The van der Waals surface area contributed by atoms with Gasteiger partial charge in [-0.25, -0.2) is 0 Å². The van der Waals surface area contributed by atoms with Crippen molar-refractivity contribution >= 4 is 28.8 Å². The zero-order chi connectivity index (χ0) is 28.8. The number of ether oxygens (including phenoxy) is 2. The quantitative estimate of drug-likeness (QED) is 0.384. The van der Waals surface area contributed by atoms with Gasteiger partial charge in [0.05, 0.1) is 25.8 Å².